The summed E-state index contributed by atoms with van der Waals surface area (Å²) in [5.41, 5.74) is 1.63. The minimum atomic E-state index is -0.973. The number of carboxylic acids is 1. The van der Waals surface area contributed by atoms with Crippen molar-refractivity contribution >= 4 is 23.4 Å². The van der Waals surface area contributed by atoms with E-state index in [0.29, 0.717) is 12.4 Å². The highest BCUT2D eigenvalue weighted by molar-refractivity contribution is 7.10. The van der Waals surface area contributed by atoms with Crippen molar-refractivity contribution in [2.24, 2.45) is 0 Å². The van der Waals surface area contributed by atoms with Crippen molar-refractivity contribution in [2.45, 2.75) is 13.2 Å². The lowest BCUT2D eigenvalue weighted by molar-refractivity contribution is -0.131. The summed E-state index contributed by atoms with van der Waals surface area (Å²) < 4.78 is 5.66. The Labute approximate surface area is 120 Å². The van der Waals surface area contributed by atoms with Crippen molar-refractivity contribution in [3.63, 3.8) is 0 Å². The second kappa shape index (κ2) is 6.88. The van der Waals surface area contributed by atoms with Crippen molar-refractivity contribution < 1.29 is 19.7 Å². The van der Waals surface area contributed by atoms with E-state index in [1.807, 2.05) is 29.6 Å². The van der Waals surface area contributed by atoms with E-state index in [2.05, 4.69) is 0 Å². The molecular formula is C15H14O4S. The Bertz CT molecular complexity index is 616. The largest absolute Gasteiger partial charge is 0.488 e. The predicted octanol–water partition coefficient (Wildman–Crippen LogP) is 2.92. The molecule has 0 spiro atoms. The fourth-order valence-electron chi connectivity index (χ4n) is 1.66. The van der Waals surface area contributed by atoms with Gasteiger partial charge in [0.1, 0.15) is 12.4 Å². The monoisotopic (exact) mass is 290 g/mol. The van der Waals surface area contributed by atoms with Crippen molar-refractivity contribution in [1.29, 1.82) is 0 Å². The van der Waals surface area contributed by atoms with Gasteiger partial charge in [-0.05, 0) is 40.8 Å². The molecule has 0 amide bonds. The van der Waals surface area contributed by atoms with E-state index >= 15 is 0 Å². The lowest BCUT2D eigenvalue weighted by atomic mass is 10.2. The van der Waals surface area contributed by atoms with E-state index in [-0.39, 0.29) is 6.61 Å². The number of carboxylic acid groups (broad SMARTS) is 1. The van der Waals surface area contributed by atoms with E-state index < -0.39 is 5.97 Å². The molecule has 0 fully saturated rings. The Morgan fingerprint density at radius 1 is 1.35 bits per heavy atom. The molecule has 104 valence electrons. The van der Waals surface area contributed by atoms with Crippen LogP contribution in [0.5, 0.6) is 5.75 Å². The topological polar surface area (TPSA) is 66.8 Å². The fourth-order valence-corrected chi connectivity index (χ4v) is 2.44. The molecular weight excluding hydrogens is 276 g/mol. The van der Waals surface area contributed by atoms with Crippen LogP contribution in [0.2, 0.25) is 0 Å². The van der Waals surface area contributed by atoms with Crippen molar-refractivity contribution in [2.75, 3.05) is 0 Å². The minimum Gasteiger partial charge on any atom is -0.488 e. The summed E-state index contributed by atoms with van der Waals surface area (Å²) in [5, 5.41) is 19.6. The molecule has 0 saturated heterocycles. The molecule has 0 aliphatic rings. The average Bonchev–Trinajstić information content (AvgIpc) is 2.90. The maximum atomic E-state index is 10.5. The zero-order valence-electron chi connectivity index (χ0n) is 10.7. The first-order chi connectivity index (χ1) is 9.69. The lowest BCUT2D eigenvalue weighted by Gasteiger charge is -2.06. The van der Waals surface area contributed by atoms with E-state index in [0.717, 1.165) is 22.1 Å². The Morgan fingerprint density at radius 3 is 2.95 bits per heavy atom. The van der Waals surface area contributed by atoms with Crippen LogP contribution in [0, 0.1) is 0 Å². The molecule has 2 N–H and O–H groups in total. The first-order valence-electron chi connectivity index (χ1n) is 5.99. The van der Waals surface area contributed by atoms with Crippen LogP contribution in [0.3, 0.4) is 0 Å². The van der Waals surface area contributed by atoms with Gasteiger partial charge in [-0.1, -0.05) is 12.1 Å². The van der Waals surface area contributed by atoms with Crippen LogP contribution >= 0.6 is 11.3 Å². The van der Waals surface area contributed by atoms with Crippen LogP contribution in [0.15, 0.2) is 41.8 Å². The number of rotatable bonds is 6. The van der Waals surface area contributed by atoms with Gasteiger partial charge in [0, 0.05) is 11.0 Å². The standard InChI is InChI=1S/C15H14O4S/c16-9-11-2-1-3-13(8-11)19-10-14-12(6-7-20-14)4-5-15(17)18/h1-8,16H,9-10H2,(H,17,18). The summed E-state index contributed by atoms with van der Waals surface area (Å²) in [6, 6.07) is 9.09. The molecule has 0 atom stereocenters. The molecule has 20 heavy (non-hydrogen) atoms. The molecule has 4 nitrogen and oxygen atoms in total. The Kier molecular flexibility index (Phi) is 4.92. The zero-order valence-corrected chi connectivity index (χ0v) is 11.5. The van der Waals surface area contributed by atoms with Gasteiger partial charge in [-0.15, -0.1) is 11.3 Å². The fraction of sp³-hybridized carbons (Fsp3) is 0.133. The maximum Gasteiger partial charge on any atom is 0.328 e. The molecule has 2 aromatic rings. The van der Waals surface area contributed by atoms with Crippen LogP contribution < -0.4 is 4.74 Å². The maximum absolute atomic E-state index is 10.5. The molecule has 1 heterocycles. The highest BCUT2D eigenvalue weighted by Crippen LogP contribution is 2.21. The van der Waals surface area contributed by atoms with Gasteiger partial charge < -0.3 is 14.9 Å². The molecule has 0 aliphatic carbocycles. The molecule has 0 aliphatic heterocycles. The van der Waals surface area contributed by atoms with Crippen LogP contribution in [0.1, 0.15) is 16.0 Å². The van der Waals surface area contributed by atoms with Crippen LogP contribution in [0.25, 0.3) is 6.08 Å². The molecule has 1 aromatic heterocycles. The van der Waals surface area contributed by atoms with Crippen molar-refractivity contribution in [1.82, 2.24) is 0 Å². The summed E-state index contributed by atoms with van der Waals surface area (Å²) >= 11 is 1.51. The van der Waals surface area contributed by atoms with Gasteiger partial charge >= 0.3 is 5.97 Å². The smallest absolute Gasteiger partial charge is 0.328 e. The van der Waals surface area contributed by atoms with Gasteiger partial charge in [0.05, 0.1) is 6.61 Å². The average molecular weight is 290 g/mol. The number of thiophene rings is 1. The Balaban J connectivity index is 2.04. The summed E-state index contributed by atoms with van der Waals surface area (Å²) in [5.74, 6) is -0.295. The lowest BCUT2D eigenvalue weighted by Crippen LogP contribution is -1.96. The third-order valence-corrected chi connectivity index (χ3v) is 3.55. The van der Waals surface area contributed by atoms with E-state index in [4.69, 9.17) is 14.9 Å². The first-order valence-corrected chi connectivity index (χ1v) is 6.87. The first kappa shape index (κ1) is 14.3. The van der Waals surface area contributed by atoms with Crippen molar-refractivity contribution in [3.8, 4) is 5.75 Å². The third-order valence-electron chi connectivity index (χ3n) is 2.64. The van der Waals surface area contributed by atoms with Gasteiger partial charge in [-0.3, -0.25) is 0 Å². The van der Waals surface area contributed by atoms with Crippen LogP contribution in [0.4, 0.5) is 0 Å². The van der Waals surface area contributed by atoms with Crippen molar-refractivity contribution in [3.05, 3.63) is 57.8 Å². The Hall–Kier alpha value is -2.11. The summed E-state index contributed by atoms with van der Waals surface area (Å²) in [7, 11) is 0. The van der Waals surface area contributed by atoms with Gasteiger partial charge in [0.2, 0.25) is 0 Å². The number of hydrogen-bond acceptors (Lipinski definition) is 4. The molecule has 0 saturated carbocycles. The highest BCUT2D eigenvalue weighted by Gasteiger charge is 2.04. The highest BCUT2D eigenvalue weighted by atomic mass is 32.1. The number of aliphatic hydroxyl groups is 1. The van der Waals surface area contributed by atoms with E-state index in [1.54, 1.807) is 12.1 Å². The van der Waals surface area contributed by atoms with Gasteiger partial charge in [0.15, 0.2) is 0 Å². The summed E-state index contributed by atoms with van der Waals surface area (Å²) in [6.07, 6.45) is 2.67. The quantitative estimate of drug-likeness (QED) is 0.803. The second-order valence-corrected chi connectivity index (χ2v) is 5.07. The summed E-state index contributed by atoms with van der Waals surface area (Å²) in [4.78, 5) is 11.5. The summed E-state index contributed by atoms with van der Waals surface area (Å²) in [6.45, 7) is 0.342. The second-order valence-electron chi connectivity index (χ2n) is 4.06. The normalized spacial score (nSPS) is 10.8. The number of benzene rings is 1. The van der Waals surface area contributed by atoms with Gasteiger partial charge in [-0.25, -0.2) is 4.79 Å². The number of carbonyl (C=O) groups is 1. The zero-order chi connectivity index (χ0) is 14.4. The molecule has 0 bridgehead atoms. The van der Waals surface area contributed by atoms with E-state index in [1.165, 1.54) is 11.3 Å². The van der Waals surface area contributed by atoms with Crippen LogP contribution in [-0.2, 0) is 18.0 Å². The van der Waals surface area contributed by atoms with E-state index in [9.17, 15) is 4.79 Å². The number of aliphatic carboxylic acids is 1. The molecule has 2 rings (SSSR count). The number of ether oxygens (including phenoxy) is 1. The molecule has 0 radical (unpaired) electrons. The molecule has 1 aromatic carbocycles. The SMILES string of the molecule is O=C(O)C=Cc1ccsc1COc1cccc(CO)c1. The molecule has 0 unspecified atom stereocenters. The molecule has 5 heteroatoms. The minimum absolute atomic E-state index is 0.0250. The van der Waals surface area contributed by atoms with Crippen LogP contribution in [-0.4, -0.2) is 16.2 Å². The predicted molar refractivity (Wildman–Crippen MR) is 77.7 cm³/mol. The van der Waals surface area contributed by atoms with Gasteiger partial charge in [-0.2, -0.15) is 0 Å². The van der Waals surface area contributed by atoms with Gasteiger partial charge in [0.25, 0.3) is 0 Å². The Morgan fingerprint density at radius 2 is 2.20 bits per heavy atom. The number of aliphatic hydroxyl groups excluding tert-OH is 1. The third kappa shape index (κ3) is 3.94. The number of hydrogen-bond donors (Lipinski definition) is 2.